The average Bonchev–Trinajstić information content (AvgIpc) is 2.46. The predicted molar refractivity (Wildman–Crippen MR) is 87.7 cm³/mol. The molecule has 1 unspecified atom stereocenters. The summed E-state index contributed by atoms with van der Waals surface area (Å²) in [5.41, 5.74) is 2.28. The Morgan fingerprint density at radius 2 is 2.00 bits per heavy atom. The van der Waals surface area contributed by atoms with Gasteiger partial charge in [0.15, 0.2) is 0 Å². The summed E-state index contributed by atoms with van der Waals surface area (Å²) in [6.45, 7) is 6.64. The molecule has 120 valence electrons. The van der Waals surface area contributed by atoms with E-state index in [0.717, 1.165) is 24.3 Å². The van der Waals surface area contributed by atoms with Gasteiger partial charge in [0.1, 0.15) is 15.6 Å². The molecule has 1 aromatic carbocycles. The molecule has 0 spiro atoms. The van der Waals surface area contributed by atoms with Crippen molar-refractivity contribution in [2.45, 2.75) is 39.7 Å². The third-order valence-electron chi connectivity index (χ3n) is 3.66. The Morgan fingerprint density at radius 3 is 2.52 bits per heavy atom. The van der Waals surface area contributed by atoms with Gasteiger partial charge < -0.3 is 10.1 Å². The molecular formula is C16H27NO3S. The van der Waals surface area contributed by atoms with Gasteiger partial charge in [0.25, 0.3) is 0 Å². The lowest BCUT2D eigenvalue weighted by Crippen LogP contribution is -2.22. The molecule has 0 heterocycles. The number of hydrogen-bond donors (Lipinski definition) is 1. The number of aryl methyl sites for hydroxylation is 1. The Kier molecular flexibility index (Phi) is 7.18. The minimum Gasteiger partial charge on any atom is -0.496 e. The molecule has 21 heavy (non-hydrogen) atoms. The van der Waals surface area contributed by atoms with Crippen LogP contribution in [0.25, 0.3) is 0 Å². The molecule has 0 aliphatic rings. The molecule has 0 aliphatic heterocycles. The topological polar surface area (TPSA) is 55.4 Å². The lowest BCUT2D eigenvalue weighted by molar-refractivity contribution is 0.411. The molecule has 4 nitrogen and oxygen atoms in total. The molecule has 0 saturated heterocycles. The molecular weight excluding hydrogens is 286 g/mol. The smallest absolute Gasteiger partial charge is 0.150 e. The van der Waals surface area contributed by atoms with Gasteiger partial charge in [-0.3, -0.25) is 0 Å². The van der Waals surface area contributed by atoms with E-state index in [9.17, 15) is 8.42 Å². The molecule has 1 rings (SSSR count). The highest BCUT2D eigenvalue weighted by Crippen LogP contribution is 2.25. The molecule has 5 heteroatoms. The van der Waals surface area contributed by atoms with Gasteiger partial charge in [0.2, 0.25) is 0 Å². The zero-order valence-electron chi connectivity index (χ0n) is 13.5. The van der Waals surface area contributed by atoms with Crippen LogP contribution in [-0.2, 0) is 9.84 Å². The minimum atomic E-state index is -2.88. The SMILES string of the molecule is CCNC(CCCS(=O)(=O)CC)c1ccc(OC)c(C)c1. The summed E-state index contributed by atoms with van der Waals surface area (Å²) < 4.78 is 28.4. The summed E-state index contributed by atoms with van der Waals surface area (Å²) in [5, 5.41) is 3.43. The van der Waals surface area contributed by atoms with Crippen LogP contribution < -0.4 is 10.1 Å². The van der Waals surface area contributed by atoms with Crippen molar-refractivity contribution in [1.82, 2.24) is 5.32 Å². The Hall–Kier alpha value is -1.07. The van der Waals surface area contributed by atoms with E-state index >= 15 is 0 Å². The molecule has 0 amide bonds. The molecule has 0 radical (unpaired) electrons. The second-order valence-corrected chi connectivity index (χ2v) is 7.69. The molecule has 0 fully saturated rings. The van der Waals surface area contributed by atoms with E-state index < -0.39 is 9.84 Å². The molecule has 1 aromatic rings. The standard InChI is InChI=1S/C16H27NO3S/c1-5-17-15(8-7-11-21(18,19)6-2)14-9-10-16(20-4)13(3)12-14/h9-10,12,15,17H,5-8,11H2,1-4H3. The Labute approximate surface area is 128 Å². The van der Waals surface area contributed by atoms with Crippen molar-refractivity contribution in [2.24, 2.45) is 0 Å². The second kappa shape index (κ2) is 8.39. The highest BCUT2D eigenvalue weighted by atomic mass is 32.2. The first-order chi connectivity index (χ1) is 9.93. The number of hydrogen-bond acceptors (Lipinski definition) is 4. The van der Waals surface area contributed by atoms with E-state index in [0.29, 0.717) is 6.42 Å². The van der Waals surface area contributed by atoms with E-state index in [1.807, 2.05) is 19.1 Å². The zero-order valence-corrected chi connectivity index (χ0v) is 14.3. The largest absolute Gasteiger partial charge is 0.496 e. The monoisotopic (exact) mass is 313 g/mol. The lowest BCUT2D eigenvalue weighted by atomic mass is 10.00. The fourth-order valence-electron chi connectivity index (χ4n) is 2.40. The molecule has 0 saturated carbocycles. The Balaban J connectivity index is 2.75. The fraction of sp³-hybridized carbons (Fsp3) is 0.625. The van der Waals surface area contributed by atoms with Crippen LogP contribution >= 0.6 is 0 Å². The van der Waals surface area contributed by atoms with E-state index in [2.05, 4.69) is 18.3 Å². The number of sulfone groups is 1. The van der Waals surface area contributed by atoms with E-state index in [1.165, 1.54) is 5.56 Å². The quantitative estimate of drug-likeness (QED) is 0.761. The van der Waals surface area contributed by atoms with Gasteiger partial charge in [0.05, 0.1) is 12.9 Å². The van der Waals surface area contributed by atoms with Crippen LogP contribution in [0.4, 0.5) is 0 Å². The first-order valence-electron chi connectivity index (χ1n) is 7.51. The summed E-state index contributed by atoms with van der Waals surface area (Å²) in [6.07, 6.45) is 1.50. The van der Waals surface area contributed by atoms with Gasteiger partial charge >= 0.3 is 0 Å². The van der Waals surface area contributed by atoms with Gasteiger partial charge in [-0.1, -0.05) is 26.0 Å². The van der Waals surface area contributed by atoms with Crippen molar-refractivity contribution in [3.63, 3.8) is 0 Å². The van der Waals surface area contributed by atoms with Crippen molar-refractivity contribution in [3.8, 4) is 5.75 Å². The number of ether oxygens (including phenoxy) is 1. The summed E-state index contributed by atoms with van der Waals surface area (Å²) in [7, 11) is -1.21. The van der Waals surface area contributed by atoms with E-state index in [4.69, 9.17) is 4.74 Å². The molecule has 0 aromatic heterocycles. The minimum absolute atomic E-state index is 0.187. The Morgan fingerprint density at radius 1 is 1.29 bits per heavy atom. The van der Waals surface area contributed by atoms with Crippen molar-refractivity contribution in [1.29, 1.82) is 0 Å². The summed E-state index contributed by atoms with van der Waals surface area (Å²) in [4.78, 5) is 0. The van der Waals surface area contributed by atoms with Crippen LogP contribution in [0.15, 0.2) is 18.2 Å². The first kappa shape index (κ1) is 18.0. The summed E-state index contributed by atoms with van der Waals surface area (Å²) in [5.74, 6) is 1.36. The highest BCUT2D eigenvalue weighted by Gasteiger charge is 2.14. The van der Waals surface area contributed by atoms with Crippen molar-refractivity contribution < 1.29 is 13.2 Å². The maximum Gasteiger partial charge on any atom is 0.150 e. The number of methoxy groups -OCH3 is 1. The third kappa shape index (κ3) is 5.67. The molecule has 1 atom stereocenters. The van der Waals surface area contributed by atoms with Gasteiger partial charge in [-0.2, -0.15) is 0 Å². The molecule has 0 bridgehead atoms. The van der Waals surface area contributed by atoms with Crippen LogP contribution in [0, 0.1) is 6.92 Å². The van der Waals surface area contributed by atoms with Gasteiger partial charge in [0, 0.05) is 11.8 Å². The van der Waals surface area contributed by atoms with Crippen molar-refractivity contribution in [3.05, 3.63) is 29.3 Å². The van der Waals surface area contributed by atoms with Crippen LogP contribution in [0.3, 0.4) is 0 Å². The van der Waals surface area contributed by atoms with Crippen LogP contribution in [0.1, 0.15) is 43.9 Å². The fourth-order valence-corrected chi connectivity index (χ4v) is 3.30. The maximum absolute atomic E-state index is 11.6. The van der Waals surface area contributed by atoms with Gasteiger partial charge in [-0.15, -0.1) is 0 Å². The third-order valence-corrected chi connectivity index (χ3v) is 5.45. The normalized spacial score (nSPS) is 13.1. The van der Waals surface area contributed by atoms with E-state index in [1.54, 1.807) is 14.0 Å². The van der Waals surface area contributed by atoms with Crippen LogP contribution in [0.2, 0.25) is 0 Å². The summed E-state index contributed by atoms with van der Waals surface area (Å²) >= 11 is 0. The van der Waals surface area contributed by atoms with Crippen molar-refractivity contribution >= 4 is 9.84 Å². The second-order valence-electron chi connectivity index (χ2n) is 5.22. The summed E-state index contributed by atoms with van der Waals surface area (Å²) in [6, 6.07) is 6.32. The molecule has 0 aliphatic carbocycles. The first-order valence-corrected chi connectivity index (χ1v) is 9.34. The highest BCUT2D eigenvalue weighted by molar-refractivity contribution is 7.91. The molecule has 1 N–H and O–H groups in total. The van der Waals surface area contributed by atoms with Crippen molar-refractivity contribution in [2.75, 3.05) is 25.2 Å². The number of nitrogens with one attached hydrogen (secondary N) is 1. The zero-order chi connectivity index (χ0) is 15.9. The number of benzene rings is 1. The number of rotatable bonds is 9. The van der Waals surface area contributed by atoms with Crippen LogP contribution in [-0.4, -0.2) is 33.6 Å². The van der Waals surface area contributed by atoms with Gasteiger partial charge in [-0.05, 0) is 43.5 Å². The Bertz CT molecular complexity index is 540. The van der Waals surface area contributed by atoms with Gasteiger partial charge in [-0.25, -0.2) is 8.42 Å². The average molecular weight is 313 g/mol. The van der Waals surface area contributed by atoms with E-state index in [-0.39, 0.29) is 17.5 Å². The van der Waals surface area contributed by atoms with Crippen LogP contribution in [0.5, 0.6) is 5.75 Å². The maximum atomic E-state index is 11.6. The predicted octanol–water partition coefficient (Wildman–Crippen LogP) is 2.87. The lowest BCUT2D eigenvalue weighted by Gasteiger charge is -2.19.